The second-order valence-corrected chi connectivity index (χ2v) is 4.36. The van der Waals surface area contributed by atoms with Crippen molar-refractivity contribution >= 4 is 11.8 Å². The molecule has 5 nitrogen and oxygen atoms in total. The molecule has 1 aliphatic rings. The van der Waals surface area contributed by atoms with Crippen LogP contribution in [-0.2, 0) is 0 Å². The van der Waals surface area contributed by atoms with Crippen LogP contribution in [-0.4, -0.2) is 27.7 Å². The van der Waals surface area contributed by atoms with Crippen LogP contribution in [0.2, 0.25) is 0 Å². The molecule has 1 heterocycles. The van der Waals surface area contributed by atoms with E-state index in [9.17, 15) is 5.11 Å². The highest BCUT2D eigenvalue weighted by atomic mass is 16.3. The van der Waals surface area contributed by atoms with Crippen molar-refractivity contribution in [3.8, 4) is 0 Å². The van der Waals surface area contributed by atoms with Gasteiger partial charge in [0.2, 0.25) is 5.95 Å². The average Bonchev–Trinajstić information content (AvgIpc) is 2.28. The minimum atomic E-state index is -0.0917. The topological polar surface area (TPSA) is 84.1 Å². The highest BCUT2D eigenvalue weighted by Crippen LogP contribution is 2.24. The van der Waals surface area contributed by atoms with E-state index in [0.717, 1.165) is 38.0 Å². The van der Waals surface area contributed by atoms with Crippen LogP contribution in [0.15, 0.2) is 12.3 Å². The van der Waals surface area contributed by atoms with E-state index >= 15 is 0 Å². The van der Waals surface area contributed by atoms with Crippen LogP contribution in [0.5, 0.6) is 0 Å². The van der Waals surface area contributed by atoms with Gasteiger partial charge in [-0.15, -0.1) is 0 Å². The third-order valence-electron chi connectivity index (χ3n) is 3.06. The Kier molecular flexibility index (Phi) is 3.56. The van der Waals surface area contributed by atoms with Crippen molar-refractivity contribution in [1.82, 2.24) is 9.97 Å². The lowest BCUT2D eigenvalue weighted by Crippen LogP contribution is -2.23. The Bertz CT molecular complexity index is 337. The van der Waals surface area contributed by atoms with Crippen molar-refractivity contribution in [1.29, 1.82) is 0 Å². The number of nitrogens with zero attached hydrogens (tertiary/aromatic N) is 2. The van der Waals surface area contributed by atoms with E-state index in [4.69, 9.17) is 5.73 Å². The number of hydrogen-bond acceptors (Lipinski definition) is 5. The maximum absolute atomic E-state index is 9.39. The lowest BCUT2D eigenvalue weighted by atomic mass is 9.87. The largest absolute Gasteiger partial charge is 0.393 e. The SMILES string of the molecule is Nc1nccc(NCC2CCC(O)CC2)n1. The zero-order chi connectivity index (χ0) is 11.4. The molecular formula is C11H18N4O. The Morgan fingerprint density at radius 2 is 2.12 bits per heavy atom. The number of aliphatic hydroxyl groups is 1. The summed E-state index contributed by atoms with van der Waals surface area (Å²) >= 11 is 0. The molecule has 1 fully saturated rings. The van der Waals surface area contributed by atoms with E-state index in [-0.39, 0.29) is 6.10 Å². The summed E-state index contributed by atoms with van der Waals surface area (Å²) in [6, 6.07) is 1.81. The molecule has 0 saturated heterocycles. The van der Waals surface area contributed by atoms with Crippen molar-refractivity contribution in [2.24, 2.45) is 5.92 Å². The van der Waals surface area contributed by atoms with E-state index in [0.29, 0.717) is 11.9 Å². The minimum Gasteiger partial charge on any atom is -0.393 e. The van der Waals surface area contributed by atoms with Crippen LogP contribution in [0.4, 0.5) is 11.8 Å². The second kappa shape index (κ2) is 5.12. The summed E-state index contributed by atoms with van der Waals surface area (Å²) in [6.07, 6.45) is 5.54. The van der Waals surface area contributed by atoms with Gasteiger partial charge in [-0.2, -0.15) is 4.98 Å². The van der Waals surface area contributed by atoms with Crippen LogP contribution >= 0.6 is 0 Å². The van der Waals surface area contributed by atoms with Crippen molar-refractivity contribution in [2.75, 3.05) is 17.6 Å². The first-order valence-corrected chi connectivity index (χ1v) is 5.74. The molecule has 2 rings (SSSR count). The normalized spacial score (nSPS) is 25.3. The number of hydrogen-bond donors (Lipinski definition) is 3. The van der Waals surface area contributed by atoms with Gasteiger partial charge in [0.25, 0.3) is 0 Å². The van der Waals surface area contributed by atoms with Gasteiger partial charge in [-0.05, 0) is 37.7 Å². The maximum atomic E-state index is 9.39. The number of nitrogens with one attached hydrogen (secondary N) is 1. The predicted octanol–water partition coefficient (Wildman–Crippen LogP) is 1.02. The zero-order valence-electron chi connectivity index (χ0n) is 9.26. The molecule has 0 spiro atoms. The van der Waals surface area contributed by atoms with Crippen LogP contribution in [0.3, 0.4) is 0 Å². The lowest BCUT2D eigenvalue weighted by molar-refractivity contribution is 0.111. The van der Waals surface area contributed by atoms with Crippen molar-refractivity contribution in [2.45, 2.75) is 31.8 Å². The van der Waals surface area contributed by atoms with Gasteiger partial charge in [0.15, 0.2) is 0 Å². The Labute approximate surface area is 95.1 Å². The Hall–Kier alpha value is -1.36. The molecule has 88 valence electrons. The fraction of sp³-hybridized carbons (Fsp3) is 0.636. The van der Waals surface area contributed by atoms with Gasteiger partial charge in [0, 0.05) is 12.7 Å². The highest BCUT2D eigenvalue weighted by Gasteiger charge is 2.18. The monoisotopic (exact) mass is 222 g/mol. The quantitative estimate of drug-likeness (QED) is 0.711. The van der Waals surface area contributed by atoms with Crippen LogP contribution in [0, 0.1) is 5.92 Å². The van der Waals surface area contributed by atoms with Crippen molar-refractivity contribution < 1.29 is 5.11 Å². The van der Waals surface area contributed by atoms with E-state index < -0.39 is 0 Å². The average molecular weight is 222 g/mol. The van der Waals surface area contributed by atoms with E-state index in [2.05, 4.69) is 15.3 Å². The number of nitrogen functional groups attached to an aromatic ring is 1. The smallest absolute Gasteiger partial charge is 0.221 e. The van der Waals surface area contributed by atoms with Gasteiger partial charge in [-0.25, -0.2) is 4.98 Å². The van der Waals surface area contributed by atoms with Crippen LogP contribution < -0.4 is 11.1 Å². The summed E-state index contributed by atoms with van der Waals surface area (Å²) in [5, 5.41) is 12.6. The third-order valence-corrected chi connectivity index (χ3v) is 3.06. The molecule has 1 saturated carbocycles. The number of anilines is 2. The minimum absolute atomic E-state index is 0.0917. The van der Waals surface area contributed by atoms with Gasteiger partial charge < -0.3 is 16.2 Å². The number of nitrogens with two attached hydrogens (primary N) is 1. The van der Waals surface area contributed by atoms with E-state index in [1.54, 1.807) is 6.20 Å². The summed E-state index contributed by atoms with van der Waals surface area (Å²) in [5.74, 6) is 1.70. The fourth-order valence-electron chi connectivity index (χ4n) is 2.07. The first-order valence-electron chi connectivity index (χ1n) is 5.74. The third kappa shape index (κ3) is 3.06. The molecule has 1 aromatic heterocycles. The Morgan fingerprint density at radius 1 is 1.38 bits per heavy atom. The maximum Gasteiger partial charge on any atom is 0.221 e. The van der Waals surface area contributed by atoms with Gasteiger partial charge in [-0.3, -0.25) is 0 Å². The molecule has 0 bridgehead atoms. The Morgan fingerprint density at radius 3 is 2.81 bits per heavy atom. The highest BCUT2D eigenvalue weighted by molar-refractivity contribution is 5.37. The molecule has 4 N–H and O–H groups in total. The first kappa shape index (κ1) is 11.1. The molecule has 1 aliphatic carbocycles. The lowest BCUT2D eigenvalue weighted by Gasteiger charge is -2.25. The van der Waals surface area contributed by atoms with Gasteiger partial charge >= 0.3 is 0 Å². The standard InChI is InChI=1S/C11H18N4O/c12-11-13-6-5-10(15-11)14-7-8-1-3-9(16)4-2-8/h5-6,8-9,16H,1-4,7H2,(H3,12,13,14,15). The molecule has 0 unspecified atom stereocenters. The molecule has 1 aromatic rings. The van der Waals surface area contributed by atoms with Crippen LogP contribution in [0.1, 0.15) is 25.7 Å². The van der Waals surface area contributed by atoms with Crippen LogP contribution in [0.25, 0.3) is 0 Å². The van der Waals surface area contributed by atoms with E-state index in [1.165, 1.54) is 0 Å². The van der Waals surface area contributed by atoms with Gasteiger partial charge in [-0.1, -0.05) is 0 Å². The summed E-state index contributed by atoms with van der Waals surface area (Å²) in [7, 11) is 0. The number of aliphatic hydroxyl groups excluding tert-OH is 1. The molecule has 0 atom stereocenters. The molecule has 0 amide bonds. The van der Waals surface area contributed by atoms with Gasteiger partial charge in [0.1, 0.15) is 5.82 Å². The predicted molar refractivity (Wildman–Crippen MR) is 62.9 cm³/mol. The zero-order valence-corrected chi connectivity index (χ0v) is 9.26. The first-order chi connectivity index (χ1) is 7.74. The molecule has 16 heavy (non-hydrogen) atoms. The molecule has 0 aromatic carbocycles. The Balaban J connectivity index is 1.79. The summed E-state index contributed by atoms with van der Waals surface area (Å²) in [5.41, 5.74) is 5.49. The molecule has 0 radical (unpaired) electrons. The second-order valence-electron chi connectivity index (χ2n) is 4.36. The molecule has 5 heteroatoms. The summed E-state index contributed by atoms with van der Waals surface area (Å²) in [6.45, 7) is 0.892. The molecule has 0 aliphatic heterocycles. The number of aromatic nitrogens is 2. The van der Waals surface area contributed by atoms with Crippen molar-refractivity contribution in [3.05, 3.63) is 12.3 Å². The summed E-state index contributed by atoms with van der Waals surface area (Å²) < 4.78 is 0. The van der Waals surface area contributed by atoms with E-state index in [1.807, 2.05) is 6.07 Å². The molecular weight excluding hydrogens is 204 g/mol. The number of rotatable bonds is 3. The fourth-order valence-corrected chi connectivity index (χ4v) is 2.07. The summed E-state index contributed by atoms with van der Waals surface area (Å²) in [4.78, 5) is 7.92. The van der Waals surface area contributed by atoms with Gasteiger partial charge in [0.05, 0.1) is 6.10 Å². The van der Waals surface area contributed by atoms with Crippen molar-refractivity contribution in [3.63, 3.8) is 0 Å².